The summed E-state index contributed by atoms with van der Waals surface area (Å²) in [5.41, 5.74) is 4.45. The van der Waals surface area contributed by atoms with Crippen LogP contribution in [0.25, 0.3) is 0 Å². The van der Waals surface area contributed by atoms with Crippen LogP contribution >= 0.6 is 0 Å². The van der Waals surface area contributed by atoms with Gasteiger partial charge in [0.1, 0.15) is 17.6 Å². The lowest BCUT2D eigenvalue weighted by Gasteiger charge is -2.23. The molecule has 0 spiro atoms. The van der Waals surface area contributed by atoms with Crippen molar-refractivity contribution >= 4 is 24.1 Å². The van der Waals surface area contributed by atoms with Crippen molar-refractivity contribution in [3.63, 3.8) is 0 Å². The quantitative estimate of drug-likeness (QED) is 0.170. The number of carbonyl (C=O) groups is 2. The van der Waals surface area contributed by atoms with Crippen LogP contribution in [0.2, 0.25) is 0 Å². The fourth-order valence-electron chi connectivity index (χ4n) is 3.63. The lowest BCUT2D eigenvalue weighted by molar-refractivity contribution is -0.108. The number of nitriles is 1. The number of urea groups is 1. The highest BCUT2D eigenvalue weighted by molar-refractivity contribution is 6.05. The maximum atomic E-state index is 14.0. The number of halogens is 1. The zero-order valence-electron chi connectivity index (χ0n) is 23.1. The van der Waals surface area contributed by atoms with Gasteiger partial charge >= 0.3 is 6.03 Å². The summed E-state index contributed by atoms with van der Waals surface area (Å²) < 4.78 is 19.2. The van der Waals surface area contributed by atoms with Gasteiger partial charge in [-0.15, -0.1) is 0 Å². The molecule has 2 aromatic carbocycles. The minimum atomic E-state index is -0.686. The molecule has 3 amide bonds. The van der Waals surface area contributed by atoms with Gasteiger partial charge in [-0.05, 0) is 87.2 Å². The highest BCUT2D eigenvalue weighted by atomic mass is 19.1. The normalized spacial score (nSPS) is 12.5. The van der Waals surface area contributed by atoms with E-state index in [1.54, 1.807) is 38.3 Å². The first-order chi connectivity index (χ1) is 18.6. The molecular formula is C30H34FN5O3. The number of hydrogen-bond acceptors (Lipinski definition) is 4. The molecule has 0 radical (unpaired) electrons. The molecule has 8 nitrogen and oxygen atoms in total. The SMILES string of the molecule is C\C=C(/C=C(C)\C=C(/C)CC)N(Cc1ccc(F)c(C#N)c1)C(=O)/N=C(\NC=O)Nc1ccc(OC)cc1C. The van der Waals surface area contributed by atoms with E-state index in [2.05, 4.69) is 22.5 Å². The van der Waals surface area contributed by atoms with Crippen molar-refractivity contribution < 1.29 is 18.7 Å². The van der Waals surface area contributed by atoms with Gasteiger partial charge in [0, 0.05) is 11.4 Å². The molecule has 0 atom stereocenters. The topological polar surface area (TPSA) is 107 Å². The third kappa shape index (κ3) is 8.97. The Morgan fingerprint density at radius 3 is 2.54 bits per heavy atom. The van der Waals surface area contributed by atoms with E-state index < -0.39 is 11.8 Å². The summed E-state index contributed by atoms with van der Waals surface area (Å²) in [5, 5.41) is 14.7. The number of allylic oxidation sites excluding steroid dienone is 5. The second-order valence-electron chi connectivity index (χ2n) is 8.77. The van der Waals surface area contributed by atoms with Crippen LogP contribution in [0.4, 0.5) is 14.9 Å². The van der Waals surface area contributed by atoms with Crippen LogP contribution in [0.1, 0.15) is 50.8 Å². The van der Waals surface area contributed by atoms with Crippen LogP contribution in [0.15, 0.2) is 76.5 Å². The number of nitrogens with zero attached hydrogens (tertiary/aromatic N) is 3. The maximum Gasteiger partial charge on any atom is 0.351 e. The number of hydrogen-bond donors (Lipinski definition) is 2. The summed E-state index contributed by atoms with van der Waals surface area (Å²) in [6.45, 7) is 9.64. The lowest BCUT2D eigenvalue weighted by Crippen LogP contribution is -2.34. The van der Waals surface area contributed by atoms with Gasteiger partial charge in [-0.3, -0.25) is 15.0 Å². The van der Waals surface area contributed by atoms with E-state index >= 15 is 0 Å². The second kappa shape index (κ2) is 14.9. The number of aryl methyl sites for hydroxylation is 1. The summed E-state index contributed by atoms with van der Waals surface area (Å²) in [7, 11) is 1.56. The Morgan fingerprint density at radius 2 is 1.95 bits per heavy atom. The van der Waals surface area contributed by atoms with E-state index in [-0.39, 0.29) is 18.1 Å². The molecule has 0 saturated heterocycles. The van der Waals surface area contributed by atoms with E-state index in [9.17, 15) is 19.2 Å². The molecule has 0 unspecified atom stereocenters. The maximum absolute atomic E-state index is 14.0. The number of rotatable bonds is 9. The minimum absolute atomic E-state index is 0.00710. The smallest absolute Gasteiger partial charge is 0.351 e. The molecule has 0 heterocycles. The lowest BCUT2D eigenvalue weighted by atomic mass is 10.1. The van der Waals surface area contributed by atoms with Gasteiger partial charge in [0.05, 0.1) is 19.2 Å². The van der Waals surface area contributed by atoms with E-state index in [0.29, 0.717) is 29.1 Å². The van der Waals surface area contributed by atoms with Crippen LogP contribution in [-0.2, 0) is 11.3 Å². The molecule has 39 heavy (non-hydrogen) atoms. The Labute approximate surface area is 229 Å². The van der Waals surface area contributed by atoms with Crippen molar-refractivity contribution in [2.24, 2.45) is 4.99 Å². The molecule has 0 aliphatic carbocycles. The van der Waals surface area contributed by atoms with Gasteiger partial charge in [0.25, 0.3) is 0 Å². The summed E-state index contributed by atoms with van der Waals surface area (Å²) in [6.07, 6.45) is 6.92. The summed E-state index contributed by atoms with van der Waals surface area (Å²) in [5.74, 6) is -0.0655. The van der Waals surface area contributed by atoms with Crippen molar-refractivity contribution in [2.45, 2.75) is 47.6 Å². The van der Waals surface area contributed by atoms with Gasteiger partial charge in [-0.25, -0.2) is 9.18 Å². The van der Waals surface area contributed by atoms with Crippen LogP contribution < -0.4 is 15.4 Å². The monoisotopic (exact) mass is 531 g/mol. The van der Waals surface area contributed by atoms with E-state index in [1.165, 1.54) is 28.7 Å². The molecule has 0 fully saturated rings. The number of methoxy groups -OCH3 is 1. The van der Waals surface area contributed by atoms with Crippen molar-refractivity contribution in [3.8, 4) is 11.8 Å². The van der Waals surface area contributed by atoms with Gasteiger partial charge in [0.2, 0.25) is 12.4 Å². The third-order valence-corrected chi connectivity index (χ3v) is 5.83. The molecule has 2 rings (SSSR count). The number of anilines is 1. The molecule has 0 aliphatic rings. The second-order valence-corrected chi connectivity index (χ2v) is 8.77. The number of aliphatic imine (C=N–C) groups is 1. The highest BCUT2D eigenvalue weighted by Crippen LogP contribution is 2.22. The molecule has 0 bridgehead atoms. The number of nitrogens with one attached hydrogen (secondary N) is 2. The zero-order valence-corrected chi connectivity index (χ0v) is 23.1. The zero-order chi connectivity index (χ0) is 28.9. The van der Waals surface area contributed by atoms with Crippen LogP contribution in [-0.4, -0.2) is 30.4 Å². The molecular weight excluding hydrogens is 497 g/mol. The predicted octanol–water partition coefficient (Wildman–Crippen LogP) is 6.36. The fourth-order valence-corrected chi connectivity index (χ4v) is 3.63. The fraction of sp³-hybridized carbons (Fsp3) is 0.267. The van der Waals surface area contributed by atoms with Gasteiger partial charge in [-0.2, -0.15) is 10.3 Å². The van der Waals surface area contributed by atoms with Gasteiger partial charge < -0.3 is 10.1 Å². The Bertz CT molecular complexity index is 1370. The van der Waals surface area contributed by atoms with E-state index in [4.69, 9.17) is 4.74 Å². The molecule has 9 heteroatoms. The summed E-state index contributed by atoms with van der Waals surface area (Å²) in [6, 6.07) is 10.5. The van der Waals surface area contributed by atoms with Crippen molar-refractivity contribution in [1.82, 2.24) is 10.2 Å². The number of benzene rings is 2. The number of guanidine groups is 1. The van der Waals surface area contributed by atoms with Crippen LogP contribution in [0.5, 0.6) is 5.75 Å². The van der Waals surface area contributed by atoms with Gasteiger partial charge in [-0.1, -0.05) is 30.7 Å². The summed E-state index contributed by atoms with van der Waals surface area (Å²) >= 11 is 0. The first-order valence-electron chi connectivity index (χ1n) is 12.4. The van der Waals surface area contributed by atoms with E-state index in [0.717, 1.165) is 17.6 Å². The molecule has 0 saturated carbocycles. The van der Waals surface area contributed by atoms with Crippen molar-refractivity contribution in [3.05, 3.63) is 94.0 Å². The number of amides is 3. The van der Waals surface area contributed by atoms with Gasteiger partial charge in [0.15, 0.2) is 0 Å². The first kappa shape index (κ1) is 30.5. The molecule has 0 aromatic heterocycles. The minimum Gasteiger partial charge on any atom is -0.497 e. The van der Waals surface area contributed by atoms with Crippen LogP contribution in [0.3, 0.4) is 0 Å². The predicted molar refractivity (Wildman–Crippen MR) is 152 cm³/mol. The average molecular weight is 532 g/mol. The molecule has 204 valence electrons. The van der Waals surface area contributed by atoms with Crippen molar-refractivity contribution in [2.75, 3.05) is 12.4 Å². The molecule has 0 aliphatic heterocycles. The van der Waals surface area contributed by atoms with Crippen molar-refractivity contribution in [1.29, 1.82) is 5.26 Å². The standard InChI is InChI=1S/C30H34FN5O3/c1-7-20(3)13-21(4)14-25(8-2)36(18-23-9-11-27(31)24(16-23)17-32)30(38)35-29(33-19-37)34-28-12-10-26(39-6)15-22(28)5/h8-16,19H,7,18H2,1-6H3,(H2,33,34,35,37,38)/b20-13+,21-14-,25-8+. The highest BCUT2D eigenvalue weighted by Gasteiger charge is 2.19. The largest absolute Gasteiger partial charge is 0.497 e. The summed E-state index contributed by atoms with van der Waals surface area (Å²) in [4.78, 5) is 30.5. The average Bonchev–Trinajstić information content (AvgIpc) is 2.92. The van der Waals surface area contributed by atoms with Crippen LogP contribution in [0, 0.1) is 24.1 Å². The third-order valence-electron chi connectivity index (χ3n) is 5.83. The Balaban J connectivity index is 2.54. The number of ether oxygens (including phenoxy) is 1. The Kier molecular flexibility index (Phi) is 11.6. The number of carbonyl (C=O) groups excluding carboxylic acids is 2. The Morgan fingerprint density at radius 1 is 1.21 bits per heavy atom. The molecule has 2 N–H and O–H groups in total. The van der Waals surface area contributed by atoms with E-state index in [1.807, 2.05) is 39.0 Å². The first-order valence-corrected chi connectivity index (χ1v) is 12.4. The Hall–Kier alpha value is -4.71. The molecule has 2 aromatic rings.